The van der Waals surface area contributed by atoms with Crippen LogP contribution in [-0.4, -0.2) is 4.21 Å². The smallest absolute Gasteiger partial charge is 0.187 e. The average molecular weight is 280 g/mol. The predicted octanol–water partition coefficient (Wildman–Crippen LogP) is 4.57. The van der Waals surface area contributed by atoms with Gasteiger partial charge in [-0.2, -0.15) is 0 Å². The highest BCUT2D eigenvalue weighted by Gasteiger charge is 2.13. The van der Waals surface area contributed by atoms with Crippen LogP contribution < -0.4 is 0 Å². The first-order chi connectivity index (χ1) is 9.56. The summed E-state index contributed by atoms with van der Waals surface area (Å²) in [5.74, 6) is 0. The third kappa shape index (κ3) is 2.61. The van der Waals surface area contributed by atoms with Crippen LogP contribution in [0.25, 0.3) is 9.69 Å². The standard InChI is InChI=1S/C16H12N2OS/c1-11-9-13(17-3)5-7-15(11)20(19)16-8-6-14(18-4)10-12(16)2/h5-10H,1-2H3. The SMILES string of the molecule is [C-]#[N+]c1ccc(S(=O)c2ccc([N+]#[C-])cc2C)c(C)c1. The van der Waals surface area contributed by atoms with Crippen molar-refractivity contribution in [3.8, 4) is 0 Å². The van der Waals surface area contributed by atoms with E-state index in [0.717, 1.165) is 11.1 Å². The first kappa shape index (κ1) is 14.0. The van der Waals surface area contributed by atoms with Gasteiger partial charge in [-0.3, -0.25) is 0 Å². The normalized spacial score (nSPS) is 10.1. The molecule has 0 aromatic heterocycles. The summed E-state index contributed by atoms with van der Waals surface area (Å²) < 4.78 is 12.6. The van der Waals surface area contributed by atoms with Crippen LogP contribution in [0.2, 0.25) is 0 Å². The average Bonchev–Trinajstić information content (AvgIpc) is 2.46. The van der Waals surface area contributed by atoms with Gasteiger partial charge in [0.1, 0.15) is 0 Å². The second-order valence-corrected chi connectivity index (χ2v) is 5.81. The van der Waals surface area contributed by atoms with Crippen LogP contribution in [0.4, 0.5) is 11.4 Å². The molecule has 0 N–H and O–H groups in total. The zero-order valence-corrected chi connectivity index (χ0v) is 12.0. The van der Waals surface area contributed by atoms with Gasteiger partial charge in [0, 0.05) is 9.79 Å². The van der Waals surface area contributed by atoms with Crippen LogP contribution in [0.1, 0.15) is 11.1 Å². The molecule has 0 aliphatic rings. The van der Waals surface area contributed by atoms with Gasteiger partial charge in [-0.25, -0.2) is 13.9 Å². The van der Waals surface area contributed by atoms with Crippen molar-refractivity contribution in [2.75, 3.05) is 0 Å². The van der Waals surface area contributed by atoms with Crippen LogP contribution in [0.5, 0.6) is 0 Å². The Labute approximate surface area is 121 Å². The fourth-order valence-corrected chi connectivity index (χ4v) is 3.26. The Bertz CT molecular complexity index is 717. The second kappa shape index (κ2) is 5.69. The number of rotatable bonds is 2. The summed E-state index contributed by atoms with van der Waals surface area (Å²) in [6.07, 6.45) is 0. The van der Waals surface area contributed by atoms with Crippen LogP contribution in [-0.2, 0) is 10.8 Å². The summed E-state index contributed by atoms with van der Waals surface area (Å²) in [7, 11) is -1.30. The maximum absolute atomic E-state index is 12.6. The summed E-state index contributed by atoms with van der Waals surface area (Å²) >= 11 is 0. The molecule has 0 bridgehead atoms. The van der Waals surface area contributed by atoms with Crippen molar-refractivity contribution in [3.05, 3.63) is 70.4 Å². The molecule has 0 saturated carbocycles. The van der Waals surface area contributed by atoms with Crippen LogP contribution in [0.15, 0.2) is 46.2 Å². The molecule has 0 aliphatic carbocycles. The summed E-state index contributed by atoms with van der Waals surface area (Å²) in [6, 6.07) is 10.3. The molecule has 3 nitrogen and oxygen atoms in total. The van der Waals surface area contributed by atoms with Gasteiger partial charge < -0.3 is 0 Å². The third-order valence-electron chi connectivity index (χ3n) is 2.97. The molecule has 0 spiro atoms. The van der Waals surface area contributed by atoms with Gasteiger partial charge in [0.15, 0.2) is 11.4 Å². The molecule has 0 saturated heterocycles. The van der Waals surface area contributed by atoms with Gasteiger partial charge in [-0.05, 0) is 25.0 Å². The van der Waals surface area contributed by atoms with Crippen molar-refractivity contribution in [2.24, 2.45) is 0 Å². The second-order valence-electron chi connectivity index (χ2n) is 4.39. The number of aryl methyl sites for hydroxylation is 2. The number of benzene rings is 2. The molecule has 0 unspecified atom stereocenters. The summed E-state index contributed by atoms with van der Waals surface area (Å²) in [5.41, 5.74) is 2.77. The Morgan fingerprint density at radius 3 is 1.55 bits per heavy atom. The van der Waals surface area contributed by atoms with Crippen molar-refractivity contribution in [1.82, 2.24) is 0 Å². The molecule has 0 radical (unpaired) electrons. The van der Waals surface area contributed by atoms with E-state index in [1.54, 1.807) is 36.4 Å². The van der Waals surface area contributed by atoms with E-state index < -0.39 is 10.8 Å². The molecule has 2 aromatic carbocycles. The Hall–Kier alpha value is -2.43. The van der Waals surface area contributed by atoms with Gasteiger partial charge in [0.25, 0.3) is 0 Å². The third-order valence-corrected chi connectivity index (χ3v) is 4.69. The highest BCUT2D eigenvalue weighted by atomic mass is 32.2. The van der Waals surface area contributed by atoms with Gasteiger partial charge in [0.2, 0.25) is 0 Å². The first-order valence-corrected chi connectivity index (χ1v) is 7.10. The lowest BCUT2D eigenvalue weighted by Crippen LogP contribution is -1.97. The highest BCUT2D eigenvalue weighted by Crippen LogP contribution is 2.27. The van der Waals surface area contributed by atoms with Crippen LogP contribution in [0, 0.1) is 27.0 Å². The van der Waals surface area contributed by atoms with E-state index in [9.17, 15) is 4.21 Å². The lowest BCUT2D eigenvalue weighted by Gasteiger charge is -2.09. The van der Waals surface area contributed by atoms with E-state index in [1.807, 2.05) is 13.8 Å². The molecule has 0 fully saturated rings. The lowest BCUT2D eigenvalue weighted by molar-refractivity contribution is 0.682. The van der Waals surface area contributed by atoms with Gasteiger partial charge >= 0.3 is 0 Å². The van der Waals surface area contributed by atoms with Crippen molar-refractivity contribution in [1.29, 1.82) is 0 Å². The monoisotopic (exact) mass is 280 g/mol. The van der Waals surface area contributed by atoms with Crippen molar-refractivity contribution in [3.63, 3.8) is 0 Å². The molecule has 0 amide bonds. The van der Waals surface area contributed by atoms with E-state index in [2.05, 4.69) is 9.69 Å². The number of nitrogens with zero attached hydrogens (tertiary/aromatic N) is 2. The molecule has 2 aromatic rings. The van der Waals surface area contributed by atoms with E-state index in [0.29, 0.717) is 21.2 Å². The topological polar surface area (TPSA) is 25.8 Å². The zero-order chi connectivity index (χ0) is 14.7. The van der Waals surface area contributed by atoms with E-state index in [4.69, 9.17) is 13.1 Å². The summed E-state index contributed by atoms with van der Waals surface area (Å²) in [4.78, 5) is 8.13. The Morgan fingerprint density at radius 2 is 1.25 bits per heavy atom. The molecular formula is C16H12N2OS. The van der Waals surface area contributed by atoms with Crippen LogP contribution >= 0.6 is 0 Å². The van der Waals surface area contributed by atoms with E-state index >= 15 is 0 Å². The van der Waals surface area contributed by atoms with Crippen molar-refractivity contribution >= 4 is 22.2 Å². The first-order valence-electron chi connectivity index (χ1n) is 5.95. The highest BCUT2D eigenvalue weighted by molar-refractivity contribution is 7.85. The lowest BCUT2D eigenvalue weighted by atomic mass is 10.2. The minimum atomic E-state index is -1.30. The Balaban J connectivity index is 2.47. The van der Waals surface area contributed by atoms with Crippen molar-refractivity contribution in [2.45, 2.75) is 23.6 Å². The molecule has 0 aliphatic heterocycles. The molecular weight excluding hydrogens is 268 g/mol. The minimum absolute atomic E-state index is 0.545. The van der Waals surface area contributed by atoms with E-state index in [-0.39, 0.29) is 0 Å². The van der Waals surface area contributed by atoms with Gasteiger partial charge in [0.05, 0.1) is 23.9 Å². The number of hydrogen-bond acceptors (Lipinski definition) is 1. The van der Waals surface area contributed by atoms with Gasteiger partial charge in [-0.1, -0.05) is 36.4 Å². The molecule has 20 heavy (non-hydrogen) atoms. The van der Waals surface area contributed by atoms with Crippen molar-refractivity contribution < 1.29 is 4.21 Å². The fraction of sp³-hybridized carbons (Fsp3) is 0.125. The van der Waals surface area contributed by atoms with Crippen LogP contribution in [0.3, 0.4) is 0 Å². The number of hydrogen-bond donors (Lipinski definition) is 0. The predicted molar refractivity (Wildman–Crippen MR) is 79.6 cm³/mol. The largest absolute Gasteiger partial charge is 0.249 e. The fourth-order valence-electron chi connectivity index (χ4n) is 1.94. The minimum Gasteiger partial charge on any atom is -0.249 e. The summed E-state index contributed by atoms with van der Waals surface area (Å²) in [5, 5.41) is 0. The molecule has 98 valence electrons. The summed E-state index contributed by atoms with van der Waals surface area (Å²) in [6.45, 7) is 17.7. The quantitative estimate of drug-likeness (QED) is 0.740. The van der Waals surface area contributed by atoms with E-state index in [1.165, 1.54) is 0 Å². The Kier molecular flexibility index (Phi) is 3.98. The maximum Gasteiger partial charge on any atom is 0.187 e. The Morgan fingerprint density at radius 1 is 0.850 bits per heavy atom. The molecule has 0 heterocycles. The molecule has 4 heteroatoms. The van der Waals surface area contributed by atoms with Gasteiger partial charge in [-0.15, -0.1) is 0 Å². The molecule has 0 atom stereocenters. The zero-order valence-electron chi connectivity index (χ0n) is 11.2. The maximum atomic E-state index is 12.6. The molecule has 2 rings (SSSR count).